The van der Waals surface area contributed by atoms with Gasteiger partial charge in [0.25, 0.3) is 0 Å². The molecule has 0 rings (SSSR count). The highest BCUT2D eigenvalue weighted by atomic mass is 34.0. The fourth-order valence-corrected chi connectivity index (χ4v) is 15.7. The highest BCUT2D eigenvalue weighted by Gasteiger charge is 2.01. The monoisotopic (exact) mass is 320 g/mol. The van der Waals surface area contributed by atoms with Gasteiger partial charge in [-0.3, -0.25) is 0 Å². The Kier molecular flexibility index (Phi) is 10.3. The van der Waals surface area contributed by atoms with Crippen LogP contribution in [0.5, 0.6) is 0 Å². The van der Waals surface area contributed by atoms with E-state index in [0.717, 1.165) is 0 Å². The summed E-state index contributed by atoms with van der Waals surface area (Å²) in [6.45, 7) is -1.72. The lowest BCUT2D eigenvalue weighted by Gasteiger charge is -2.02. The van der Waals surface area contributed by atoms with Crippen molar-refractivity contribution in [2.75, 3.05) is 7.11 Å². The molecule has 0 fully saturated rings. The molecule has 1 nitrogen and oxygen atoms in total. The van der Waals surface area contributed by atoms with Crippen LogP contribution >= 0.6 is 60.8 Å². The van der Waals surface area contributed by atoms with Crippen LogP contribution in [0.4, 0.5) is 0 Å². The summed E-state index contributed by atoms with van der Waals surface area (Å²) in [6.07, 6.45) is 0. The largest absolute Gasteiger partial charge is 0.305 e. The van der Waals surface area contributed by atoms with Crippen molar-refractivity contribution in [2.24, 2.45) is 0 Å². The fraction of sp³-hybridized carbons (Fsp3) is 1.00. The van der Waals surface area contributed by atoms with E-state index in [2.05, 4.69) is 11.7 Å². The molecule has 0 aromatic carbocycles. The van der Waals surface area contributed by atoms with Gasteiger partial charge in [-0.15, -0.1) is 0 Å². The van der Waals surface area contributed by atoms with Crippen LogP contribution in [0.2, 0.25) is 0 Å². The molecule has 10 heteroatoms. The van der Waals surface area contributed by atoms with Crippen molar-refractivity contribution in [3.8, 4) is 0 Å². The second kappa shape index (κ2) is 8.18. The summed E-state index contributed by atoms with van der Waals surface area (Å²) in [5, 5.41) is 0. The van der Waals surface area contributed by atoms with Gasteiger partial charge in [-0.2, -0.15) is 0 Å². The maximum atomic E-state index is 4.96. The summed E-state index contributed by atoms with van der Waals surface area (Å²) in [4.78, 5) is 0. The molecule has 0 spiro atoms. The molecule has 11 heavy (non-hydrogen) atoms. The molecule has 0 heterocycles. The molecule has 0 amide bonds. The fourth-order valence-electron chi connectivity index (χ4n) is 0.0969. The highest BCUT2D eigenvalue weighted by molar-refractivity contribution is 9.46. The number of hydrogen-bond donors (Lipinski definition) is 1. The van der Waals surface area contributed by atoms with E-state index < -0.39 is 6.46 Å². The zero-order valence-electron chi connectivity index (χ0n) is 5.12. The molecule has 0 saturated heterocycles. The molecule has 0 aliphatic carbocycles. The van der Waals surface area contributed by atoms with E-state index in [0.29, 0.717) is 0 Å². The predicted molar refractivity (Wildman–Crippen MR) is 76.0 cm³/mol. The van der Waals surface area contributed by atoms with Gasteiger partial charge in [-0.05, 0) is 42.0 Å². The topological polar surface area (TPSA) is 9.23 Å². The summed E-state index contributed by atoms with van der Waals surface area (Å²) in [6, 6.07) is 0. The minimum atomic E-state index is -1.72. The van der Waals surface area contributed by atoms with Gasteiger partial charge in [0.2, 0.25) is 0 Å². The second-order valence-corrected chi connectivity index (χ2v) is 17.2. The van der Waals surface area contributed by atoms with Crippen LogP contribution in [-0.4, -0.2) is 7.11 Å². The Bertz CT molecular complexity index is 168. The maximum absolute atomic E-state index is 4.96. The highest BCUT2D eigenvalue weighted by Crippen LogP contribution is 2.51. The van der Waals surface area contributed by atoms with Crippen LogP contribution in [-0.2, 0) is 33.0 Å². The van der Waals surface area contributed by atoms with Gasteiger partial charge in [-0.25, -0.2) is 0 Å². The Balaban J connectivity index is 3.39. The van der Waals surface area contributed by atoms with E-state index >= 15 is 0 Å². The third kappa shape index (κ3) is 9.16. The second-order valence-electron chi connectivity index (χ2n) is 0.922. The van der Waals surface area contributed by atoms with Gasteiger partial charge in [0.1, 0.15) is 0 Å². The summed E-state index contributed by atoms with van der Waals surface area (Å²) in [5.41, 5.74) is 0. The van der Waals surface area contributed by atoms with Crippen molar-refractivity contribution in [1.29, 1.82) is 0 Å². The minimum Gasteiger partial charge on any atom is -0.305 e. The molecule has 0 unspecified atom stereocenters. The smallest absolute Gasteiger partial charge is 0.0817 e. The van der Waals surface area contributed by atoms with Crippen molar-refractivity contribution in [3.63, 3.8) is 0 Å². The predicted octanol–water partition coefficient (Wildman–Crippen LogP) is 3.71. The average Bonchev–Trinajstić information content (AvgIpc) is 1.99. The quantitative estimate of drug-likeness (QED) is 0.445. The van der Waals surface area contributed by atoms with Crippen molar-refractivity contribution in [3.05, 3.63) is 0 Å². The zero-order valence-corrected chi connectivity index (χ0v) is 12.5. The summed E-state index contributed by atoms with van der Waals surface area (Å²) < 4.78 is 4.92. The Morgan fingerprint density at radius 3 is 2.36 bits per heavy atom. The summed E-state index contributed by atoms with van der Waals surface area (Å²) in [7, 11) is 9.06. The lowest BCUT2D eigenvalue weighted by Crippen LogP contribution is -1.87. The van der Waals surface area contributed by atoms with Crippen LogP contribution in [0, 0.1) is 0 Å². The van der Waals surface area contributed by atoms with Gasteiger partial charge in [0.15, 0.2) is 0 Å². The molecule has 68 valence electrons. The first-order valence-electron chi connectivity index (χ1n) is 1.92. The van der Waals surface area contributed by atoms with Crippen LogP contribution in [0.25, 0.3) is 0 Å². The Morgan fingerprint density at radius 1 is 1.27 bits per heavy atom. The van der Waals surface area contributed by atoms with Gasteiger partial charge in [-0.1, -0.05) is 11.7 Å². The van der Waals surface area contributed by atoms with Crippen LogP contribution in [0.3, 0.4) is 0 Å². The molecule has 0 aromatic heterocycles. The number of thiol groups is 1. The Morgan fingerprint density at radius 2 is 1.91 bits per heavy atom. The lowest BCUT2D eigenvalue weighted by molar-refractivity contribution is 0.491. The molecule has 0 saturated carbocycles. The Labute approximate surface area is 99.5 Å². The van der Waals surface area contributed by atoms with E-state index in [1.807, 2.05) is 0 Å². The van der Waals surface area contributed by atoms with Crippen LogP contribution in [0.15, 0.2) is 0 Å². The normalized spacial score (nSPS) is 11.8. The summed E-state index contributed by atoms with van der Waals surface area (Å²) in [5.74, 6) is 0. The van der Waals surface area contributed by atoms with Gasteiger partial charge < -0.3 is 4.18 Å². The molecular formula is CH4OS9. The maximum Gasteiger partial charge on any atom is 0.0817 e. The third-order valence-corrected chi connectivity index (χ3v) is 16.3. The standard InChI is InChI=1S/CH4OS9/c1-2-11(4,5)10-9-8-7-6-3/h3H,1H3. The molecule has 0 radical (unpaired) electrons. The van der Waals surface area contributed by atoms with Crippen molar-refractivity contribution >= 4 is 89.6 Å². The van der Waals surface area contributed by atoms with Gasteiger partial charge in [0, 0.05) is 29.5 Å². The van der Waals surface area contributed by atoms with E-state index in [4.69, 9.17) is 26.6 Å². The van der Waals surface area contributed by atoms with E-state index in [1.54, 1.807) is 26.8 Å². The lowest BCUT2D eigenvalue weighted by atomic mass is 11.8. The third-order valence-electron chi connectivity index (χ3n) is 0.401. The first kappa shape index (κ1) is 13.8. The van der Waals surface area contributed by atoms with Crippen molar-refractivity contribution in [1.82, 2.24) is 0 Å². The van der Waals surface area contributed by atoms with E-state index in [9.17, 15) is 0 Å². The van der Waals surface area contributed by atoms with Gasteiger partial charge >= 0.3 is 0 Å². The molecule has 0 bridgehead atoms. The van der Waals surface area contributed by atoms with E-state index in [1.165, 1.54) is 29.5 Å². The molecular weight excluding hydrogens is 317 g/mol. The van der Waals surface area contributed by atoms with E-state index in [-0.39, 0.29) is 0 Å². The average molecular weight is 321 g/mol. The van der Waals surface area contributed by atoms with Crippen LogP contribution in [0.1, 0.15) is 0 Å². The first-order valence-corrected chi connectivity index (χ1v) is 13.1. The SMILES string of the molecule is COS(=S)(=S)SSSSSS. The molecule has 0 aliphatic heterocycles. The molecule has 0 aliphatic rings. The summed E-state index contributed by atoms with van der Waals surface area (Å²) >= 11 is 13.9. The zero-order chi connectivity index (χ0) is 8.74. The van der Waals surface area contributed by atoms with Crippen molar-refractivity contribution < 1.29 is 4.18 Å². The molecule has 0 aromatic rings. The van der Waals surface area contributed by atoms with Crippen LogP contribution < -0.4 is 0 Å². The number of rotatable bonds is 6. The van der Waals surface area contributed by atoms with Crippen molar-refractivity contribution in [2.45, 2.75) is 0 Å². The molecule has 0 atom stereocenters. The number of hydrogen-bond acceptors (Lipinski definition) is 9. The molecule has 0 N–H and O–H groups in total. The van der Waals surface area contributed by atoms with Gasteiger partial charge in [0.05, 0.1) is 13.6 Å². The Hall–Kier alpha value is 2.85. The first-order chi connectivity index (χ1) is 5.12. The minimum absolute atomic E-state index is 1.40.